The zero-order chi connectivity index (χ0) is 20.8. The largest absolute Gasteiger partial charge is 0.497 e. The number of aromatic nitrogens is 1. The summed E-state index contributed by atoms with van der Waals surface area (Å²) in [6.07, 6.45) is 1.73. The van der Waals surface area contributed by atoms with E-state index in [1.807, 2.05) is 31.2 Å². The van der Waals surface area contributed by atoms with Gasteiger partial charge >= 0.3 is 6.03 Å². The molecule has 156 valence electrons. The SMILES string of the molecule is COc1ccc(CCC(C)NC(=O)N2CCN(C(=O)c3cc(C)no3)CC2)cc1. The fourth-order valence-electron chi connectivity index (χ4n) is 3.28. The second-order valence-electron chi connectivity index (χ2n) is 7.35. The van der Waals surface area contributed by atoms with E-state index in [1.54, 1.807) is 29.9 Å². The van der Waals surface area contributed by atoms with Crippen molar-refractivity contribution in [3.8, 4) is 5.75 Å². The van der Waals surface area contributed by atoms with E-state index in [0.29, 0.717) is 31.9 Å². The Balaban J connectivity index is 1.41. The average molecular weight is 400 g/mol. The first kappa shape index (κ1) is 20.7. The molecule has 0 bridgehead atoms. The summed E-state index contributed by atoms with van der Waals surface area (Å²) in [7, 11) is 1.65. The fourth-order valence-corrected chi connectivity index (χ4v) is 3.28. The molecule has 3 rings (SSSR count). The number of hydrogen-bond acceptors (Lipinski definition) is 5. The summed E-state index contributed by atoms with van der Waals surface area (Å²) in [4.78, 5) is 28.4. The van der Waals surface area contributed by atoms with Crippen LogP contribution in [0.25, 0.3) is 0 Å². The molecular formula is C21H28N4O4. The van der Waals surface area contributed by atoms with Crippen LogP contribution in [0, 0.1) is 6.92 Å². The number of urea groups is 1. The number of piperazine rings is 1. The second-order valence-corrected chi connectivity index (χ2v) is 7.35. The van der Waals surface area contributed by atoms with Crippen molar-refractivity contribution < 1.29 is 18.8 Å². The minimum atomic E-state index is -0.182. The number of benzene rings is 1. The molecule has 1 atom stereocenters. The molecule has 1 aromatic carbocycles. The highest BCUT2D eigenvalue weighted by molar-refractivity contribution is 5.91. The van der Waals surface area contributed by atoms with Crippen LogP contribution < -0.4 is 10.1 Å². The van der Waals surface area contributed by atoms with Gasteiger partial charge in [-0.2, -0.15) is 0 Å². The van der Waals surface area contributed by atoms with Crippen LogP contribution in [0.1, 0.15) is 35.2 Å². The predicted octanol–water partition coefficient (Wildman–Crippen LogP) is 2.48. The van der Waals surface area contributed by atoms with Crippen molar-refractivity contribution in [3.05, 3.63) is 47.3 Å². The highest BCUT2D eigenvalue weighted by atomic mass is 16.5. The lowest BCUT2D eigenvalue weighted by atomic mass is 10.1. The van der Waals surface area contributed by atoms with E-state index in [0.717, 1.165) is 18.6 Å². The average Bonchev–Trinajstić information content (AvgIpc) is 3.18. The number of aryl methyl sites for hydroxylation is 2. The zero-order valence-corrected chi connectivity index (χ0v) is 17.2. The molecule has 3 amide bonds. The van der Waals surface area contributed by atoms with Crippen LogP contribution in [0.5, 0.6) is 5.75 Å². The third-order valence-electron chi connectivity index (χ3n) is 5.09. The summed E-state index contributed by atoms with van der Waals surface area (Å²) in [5.41, 5.74) is 1.89. The molecule has 1 aromatic heterocycles. The van der Waals surface area contributed by atoms with Crippen molar-refractivity contribution in [2.45, 2.75) is 32.7 Å². The van der Waals surface area contributed by atoms with Gasteiger partial charge in [-0.15, -0.1) is 0 Å². The molecule has 2 aromatic rings. The highest BCUT2D eigenvalue weighted by Crippen LogP contribution is 2.14. The van der Waals surface area contributed by atoms with Gasteiger partial charge in [-0.3, -0.25) is 4.79 Å². The van der Waals surface area contributed by atoms with Crippen molar-refractivity contribution >= 4 is 11.9 Å². The van der Waals surface area contributed by atoms with Crippen LogP contribution in [0.2, 0.25) is 0 Å². The third-order valence-corrected chi connectivity index (χ3v) is 5.09. The molecule has 1 N–H and O–H groups in total. The number of methoxy groups -OCH3 is 1. The van der Waals surface area contributed by atoms with Gasteiger partial charge in [0.1, 0.15) is 5.75 Å². The number of amides is 3. The maximum Gasteiger partial charge on any atom is 0.317 e. The summed E-state index contributed by atoms with van der Waals surface area (Å²) < 4.78 is 10.2. The Bertz CT molecular complexity index is 825. The molecule has 1 fully saturated rings. The minimum absolute atomic E-state index is 0.0569. The summed E-state index contributed by atoms with van der Waals surface area (Å²) in [5.74, 6) is 0.900. The van der Waals surface area contributed by atoms with Gasteiger partial charge in [-0.25, -0.2) is 4.79 Å². The van der Waals surface area contributed by atoms with E-state index in [-0.39, 0.29) is 23.7 Å². The lowest BCUT2D eigenvalue weighted by Gasteiger charge is -2.34. The third kappa shape index (κ3) is 5.49. The zero-order valence-electron chi connectivity index (χ0n) is 17.2. The Morgan fingerprint density at radius 3 is 2.41 bits per heavy atom. The first-order valence-corrected chi connectivity index (χ1v) is 9.87. The van der Waals surface area contributed by atoms with Crippen molar-refractivity contribution in [3.63, 3.8) is 0 Å². The van der Waals surface area contributed by atoms with E-state index < -0.39 is 0 Å². The quantitative estimate of drug-likeness (QED) is 0.805. The van der Waals surface area contributed by atoms with Gasteiger partial charge in [0, 0.05) is 38.3 Å². The molecule has 0 aliphatic carbocycles. The van der Waals surface area contributed by atoms with Crippen LogP contribution in [-0.2, 0) is 6.42 Å². The number of ether oxygens (including phenoxy) is 1. The van der Waals surface area contributed by atoms with Crippen molar-refractivity contribution in [2.75, 3.05) is 33.3 Å². The number of nitrogens with zero attached hydrogens (tertiary/aromatic N) is 3. The first-order valence-electron chi connectivity index (χ1n) is 9.87. The van der Waals surface area contributed by atoms with E-state index >= 15 is 0 Å². The first-order chi connectivity index (χ1) is 14.0. The summed E-state index contributed by atoms with van der Waals surface area (Å²) in [6, 6.07) is 9.57. The number of rotatable bonds is 6. The van der Waals surface area contributed by atoms with E-state index in [2.05, 4.69) is 10.5 Å². The molecule has 1 aliphatic rings. The molecule has 8 nitrogen and oxygen atoms in total. The molecule has 1 unspecified atom stereocenters. The number of nitrogens with one attached hydrogen (secondary N) is 1. The molecular weight excluding hydrogens is 372 g/mol. The lowest BCUT2D eigenvalue weighted by Crippen LogP contribution is -2.54. The molecule has 1 aliphatic heterocycles. The monoisotopic (exact) mass is 400 g/mol. The number of hydrogen-bond donors (Lipinski definition) is 1. The van der Waals surface area contributed by atoms with Crippen LogP contribution >= 0.6 is 0 Å². The van der Waals surface area contributed by atoms with Crippen molar-refractivity contribution in [1.29, 1.82) is 0 Å². The van der Waals surface area contributed by atoms with Crippen molar-refractivity contribution in [2.24, 2.45) is 0 Å². The normalized spacial score (nSPS) is 15.1. The van der Waals surface area contributed by atoms with E-state index in [9.17, 15) is 9.59 Å². The molecule has 0 radical (unpaired) electrons. The Labute approximate surface area is 170 Å². The van der Waals surface area contributed by atoms with Crippen LogP contribution in [0.3, 0.4) is 0 Å². The van der Waals surface area contributed by atoms with Gasteiger partial charge < -0.3 is 24.4 Å². The van der Waals surface area contributed by atoms with Crippen molar-refractivity contribution in [1.82, 2.24) is 20.3 Å². The maximum atomic E-state index is 12.5. The van der Waals surface area contributed by atoms with Gasteiger partial charge in [-0.1, -0.05) is 17.3 Å². The molecule has 2 heterocycles. The maximum absolute atomic E-state index is 12.5. The van der Waals surface area contributed by atoms with Gasteiger partial charge in [-0.05, 0) is 44.4 Å². The Hall–Kier alpha value is -3.03. The van der Waals surface area contributed by atoms with Gasteiger partial charge in [0.2, 0.25) is 5.76 Å². The van der Waals surface area contributed by atoms with E-state index in [4.69, 9.17) is 9.26 Å². The molecule has 0 spiro atoms. The Kier molecular flexibility index (Phi) is 6.74. The number of carbonyl (C=O) groups is 2. The second kappa shape index (κ2) is 9.45. The molecule has 0 saturated carbocycles. The molecule has 1 saturated heterocycles. The van der Waals surface area contributed by atoms with Crippen LogP contribution in [-0.4, -0.2) is 66.2 Å². The van der Waals surface area contributed by atoms with Gasteiger partial charge in [0.25, 0.3) is 5.91 Å². The van der Waals surface area contributed by atoms with Gasteiger partial charge in [0.05, 0.1) is 12.8 Å². The summed E-state index contributed by atoms with van der Waals surface area (Å²) in [5, 5.41) is 6.80. The topological polar surface area (TPSA) is 87.9 Å². The Morgan fingerprint density at radius 1 is 1.17 bits per heavy atom. The van der Waals surface area contributed by atoms with Crippen LogP contribution in [0.15, 0.2) is 34.9 Å². The highest BCUT2D eigenvalue weighted by Gasteiger charge is 2.27. The molecule has 29 heavy (non-hydrogen) atoms. The van der Waals surface area contributed by atoms with E-state index in [1.165, 1.54) is 5.56 Å². The summed E-state index contributed by atoms with van der Waals surface area (Å²) in [6.45, 7) is 5.73. The standard InChI is InChI=1S/C21H28N4O4/c1-15(4-5-17-6-8-18(28-3)9-7-17)22-21(27)25-12-10-24(11-13-25)20(26)19-14-16(2)23-29-19/h6-9,14-15H,4-5,10-13H2,1-3H3,(H,22,27). The number of carbonyl (C=O) groups excluding carboxylic acids is 2. The minimum Gasteiger partial charge on any atom is -0.497 e. The lowest BCUT2D eigenvalue weighted by molar-refractivity contribution is 0.0623. The Morgan fingerprint density at radius 2 is 1.83 bits per heavy atom. The van der Waals surface area contributed by atoms with Gasteiger partial charge in [0.15, 0.2) is 0 Å². The predicted molar refractivity (Wildman–Crippen MR) is 108 cm³/mol. The molecule has 8 heteroatoms. The summed E-state index contributed by atoms with van der Waals surface area (Å²) >= 11 is 0. The van der Waals surface area contributed by atoms with Crippen LogP contribution in [0.4, 0.5) is 4.79 Å². The fraction of sp³-hybridized carbons (Fsp3) is 0.476. The smallest absolute Gasteiger partial charge is 0.317 e.